The summed E-state index contributed by atoms with van der Waals surface area (Å²) in [6.07, 6.45) is 2.67. The standard InChI is InChI=1S/C12H5ClF2N4OS/c13-12-16-3-5(4-17-12)18-10(20)11-19-8-1-6(14)7(15)2-9(8)21-11/h1-4H,(H,18,20). The van der Waals surface area contributed by atoms with Crippen molar-refractivity contribution in [1.82, 2.24) is 15.0 Å². The Kier molecular flexibility index (Phi) is 3.48. The van der Waals surface area contributed by atoms with Crippen LogP contribution < -0.4 is 5.32 Å². The molecule has 21 heavy (non-hydrogen) atoms. The third-order valence-corrected chi connectivity index (χ3v) is 3.72. The Bertz CT molecular complexity index is 798. The fourth-order valence-corrected chi connectivity index (χ4v) is 2.55. The van der Waals surface area contributed by atoms with Gasteiger partial charge in [-0.2, -0.15) is 0 Å². The van der Waals surface area contributed by atoms with Gasteiger partial charge in [-0.3, -0.25) is 4.79 Å². The highest BCUT2D eigenvalue weighted by Gasteiger charge is 2.15. The Labute approximate surface area is 125 Å². The zero-order chi connectivity index (χ0) is 15.0. The summed E-state index contributed by atoms with van der Waals surface area (Å²) in [5.41, 5.74) is 0.553. The molecule has 0 aliphatic heterocycles. The lowest BCUT2D eigenvalue weighted by molar-refractivity contribution is 0.102. The number of thiazole rings is 1. The van der Waals surface area contributed by atoms with Crippen molar-refractivity contribution >= 4 is 44.7 Å². The monoisotopic (exact) mass is 326 g/mol. The number of benzene rings is 1. The molecular weight excluding hydrogens is 322 g/mol. The van der Waals surface area contributed by atoms with Crippen LogP contribution in [0.4, 0.5) is 14.5 Å². The number of carbonyl (C=O) groups is 1. The van der Waals surface area contributed by atoms with Crippen LogP contribution in [0.1, 0.15) is 9.80 Å². The van der Waals surface area contributed by atoms with Gasteiger partial charge in [0.25, 0.3) is 5.91 Å². The number of aromatic nitrogens is 3. The fraction of sp³-hybridized carbons (Fsp3) is 0. The molecule has 1 aromatic carbocycles. The summed E-state index contributed by atoms with van der Waals surface area (Å²) in [7, 11) is 0. The molecule has 0 fully saturated rings. The number of rotatable bonds is 2. The summed E-state index contributed by atoms with van der Waals surface area (Å²) in [6.45, 7) is 0. The second-order valence-electron chi connectivity index (χ2n) is 3.95. The van der Waals surface area contributed by atoms with Crippen molar-refractivity contribution in [1.29, 1.82) is 0 Å². The van der Waals surface area contributed by atoms with Crippen LogP contribution in [-0.2, 0) is 0 Å². The van der Waals surface area contributed by atoms with Crippen LogP contribution in [0.15, 0.2) is 24.5 Å². The first kappa shape index (κ1) is 13.8. The second kappa shape index (κ2) is 5.30. The molecular formula is C12H5ClF2N4OS. The maximum absolute atomic E-state index is 13.1. The lowest BCUT2D eigenvalue weighted by Gasteiger charge is -2.00. The summed E-state index contributed by atoms with van der Waals surface area (Å²) < 4.78 is 26.6. The molecule has 3 rings (SSSR count). The van der Waals surface area contributed by atoms with E-state index < -0.39 is 17.5 Å². The number of anilines is 1. The predicted octanol–water partition coefficient (Wildman–Crippen LogP) is 3.27. The van der Waals surface area contributed by atoms with Gasteiger partial charge in [0.15, 0.2) is 16.6 Å². The van der Waals surface area contributed by atoms with E-state index in [4.69, 9.17) is 11.6 Å². The highest BCUT2D eigenvalue weighted by molar-refractivity contribution is 7.20. The molecule has 0 aliphatic rings. The number of fused-ring (bicyclic) bond motifs is 1. The van der Waals surface area contributed by atoms with E-state index in [1.54, 1.807) is 0 Å². The number of carbonyl (C=O) groups excluding carboxylic acids is 1. The molecule has 0 saturated carbocycles. The van der Waals surface area contributed by atoms with E-state index in [1.165, 1.54) is 12.4 Å². The summed E-state index contributed by atoms with van der Waals surface area (Å²) in [5, 5.41) is 2.64. The highest BCUT2D eigenvalue weighted by Crippen LogP contribution is 2.25. The first-order valence-electron chi connectivity index (χ1n) is 5.57. The van der Waals surface area contributed by atoms with Crippen molar-refractivity contribution in [3.63, 3.8) is 0 Å². The van der Waals surface area contributed by atoms with Crippen molar-refractivity contribution in [3.8, 4) is 0 Å². The zero-order valence-corrected chi connectivity index (χ0v) is 11.7. The van der Waals surface area contributed by atoms with Gasteiger partial charge in [0, 0.05) is 6.07 Å². The molecule has 1 amide bonds. The van der Waals surface area contributed by atoms with E-state index in [0.717, 1.165) is 23.5 Å². The van der Waals surface area contributed by atoms with Gasteiger partial charge in [0.2, 0.25) is 5.28 Å². The van der Waals surface area contributed by atoms with Crippen LogP contribution in [0.2, 0.25) is 5.28 Å². The summed E-state index contributed by atoms with van der Waals surface area (Å²) in [4.78, 5) is 23.4. The van der Waals surface area contributed by atoms with E-state index in [1.807, 2.05) is 0 Å². The predicted molar refractivity (Wildman–Crippen MR) is 74.5 cm³/mol. The Balaban J connectivity index is 1.89. The van der Waals surface area contributed by atoms with Gasteiger partial charge in [-0.15, -0.1) is 11.3 Å². The van der Waals surface area contributed by atoms with Crippen LogP contribution in [0.25, 0.3) is 10.2 Å². The number of nitrogens with one attached hydrogen (secondary N) is 1. The van der Waals surface area contributed by atoms with Gasteiger partial charge < -0.3 is 5.32 Å². The Morgan fingerprint density at radius 1 is 1.19 bits per heavy atom. The van der Waals surface area contributed by atoms with Gasteiger partial charge in [-0.25, -0.2) is 23.7 Å². The van der Waals surface area contributed by atoms with Gasteiger partial charge in [-0.1, -0.05) is 0 Å². The second-order valence-corrected chi connectivity index (χ2v) is 5.32. The first-order valence-corrected chi connectivity index (χ1v) is 6.77. The first-order chi connectivity index (χ1) is 10.0. The number of hydrogen-bond donors (Lipinski definition) is 1. The Hall–Kier alpha value is -2.19. The number of amides is 1. The fourth-order valence-electron chi connectivity index (χ4n) is 1.58. The third kappa shape index (κ3) is 2.81. The van der Waals surface area contributed by atoms with Crippen molar-refractivity contribution in [2.45, 2.75) is 0 Å². The van der Waals surface area contributed by atoms with Gasteiger partial charge in [-0.05, 0) is 17.7 Å². The van der Waals surface area contributed by atoms with Crippen molar-refractivity contribution in [2.75, 3.05) is 5.32 Å². The molecule has 3 aromatic rings. The van der Waals surface area contributed by atoms with Gasteiger partial charge >= 0.3 is 0 Å². The van der Waals surface area contributed by atoms with Crippen molar-refractivity contribution < 1.29 is 13.6 Å². The van der Waals surface area contributed by atoms with Crippen LogP contribution in [0.5, 0.6) is 0 Å². The van der Waals surface area contributed by atoms with Crippen molar-refractivity contribution in [3.05, 3.63) is 46.5 Å². The summed E-state index contributed by atoms with van der Waals surface area (Å²) in [5.74, 6) is -2.52. The summed E-state index contributed by atoms with van der Waals surface area (Å²) >= 11 is 6.49. The molecule has 0 saturated heterocycles. The lowest BCUT2D eigenvalue weighted by Crippen LogP contribution is -2.11. The molecule has 9 heteroatoms. The largest absolute Gasteiger partial charge is 0.317 e. The topological polar surface area (TPSA) is 67.8 Å². The van der Waals surface area contributed by atoms with E-state index in [0.29, 0.717) is 10.4 Å². The minimum Gasteiger partial charge on any atom is -0.317 e. The zero-order valence-electron chi connectivity index (χ0n) is 10.1. The maximum Gasteiger partial charge on any atom is 0.284 e. The SMILES string of the molecule is O=C(Nc1cnc(Cl)nc1)c1nc2cc(F)c(F)cc2s1. The minimum atomic E-state index is -1.01. The van der Waals surface area contributed by atoms with Crippen LogP contribution in [-0.4, -0.2) is 20.9 Å². The molecule has 106 valence electrons. The Morgan fingerprint density at radius 2 is 1.86 bits per heavy atom. The maximum atomic E-state index is 13.1. The molecule has 2 aromatic heterocycles. The molecule has 0 radical (unpaired) electrons. The van der Waals surface area contributed by atoms with E-state index >= 15 is 0 Å². The van der Waals surface area contributed by atoms with E-state index in [-0.39, 0.29) is 15.8 Å². The molecule has 1 N–H and O–H groups in total. The lowest BCUT2D eigenvalue weighted by atomic mass is 10.3. The smallest absolute Gasteiger partial charge is 0.284 e. The van der Waals surface area contributed by atoms with Crippen LogP contribution in [0.3, 0.4) is 0 Å². The third-order valence-electron chi connectivity index (χ3n) is 2.50. The highest BCUT2D eigenvalue weighted by atomic mass is 35.5. The average molecular weight is 327 g/mol. The number of hydrogen-bond acceptors (Lipinski definition) is 5. The van der Waals surface area contributed by atoms with Gasteiger partial charge in [0.1, 0.15) is 0 Å². The number of halogens is 3. The minimum absolute atomic E-state index is 0.0546. The van der Waals surface area contributed by atoms with E-state index in [2.05, 4.69) is 20.3 Å². The summed E-state index contributed by atoms with van der Waals surface area (Å²) in [6, 6.07) is 1.95. The molecule has 5 nitrogen and oxygen atoms in total. The molecule has 0 bridgehead atoms. The normalized spacial score (nSPS) is 10.8. The quantitative estimate of drug-likeness (QED) is 0.734. The molecule has 0 unspecified atom stereocenters. The molecule has 0 aliphatic carbocycles. The van der Waals surface area contributed by atoms with E-state index in [9.17, 15) is 13.6 Å². The van der Waals surface area contributed by atoms with Crippen LogP contribution in [0, 0.1) is 11.6 Å². The van der Waals surface area contributed by atoms with Crippen molar-refractivity contribution in [2.24, 2.45) is 0 Å². The van der Waals surface area contributed by atoms with Crippen LogP contribution >= 0.6 is 22.9 Å². The number of nitrogens with zero attached hydrogens (tertiary/aromatic N) is 3. The van der Waals surface area contributed by atoms with Gasteiger partial charge in [0.05, 0.1) is 28.3 Å². The molecule has 2 heterocycles. The average Bonchev–Trinajstić information content (AvgIpc) is 2.85. The molecule has 0 atom stereocenters. The molecule has 0 spiro atoms. The Morgan fingerprint density at radius 3 is 2.57 bits per heavy atom.